The first-order valence-corrected chi connectivity index (χ1v) is 8.56. The van der Waals surface area contributed by atoms with Crippen LogP contribution in [0.25, 0.3) is 33.7 Å². The van der Waals surface area contributed by atoms with E-state index in [0.29, 0.717) is 5.56 Å². The van der Waals surface area contributed by atoms with E-state index in [9.17, 15) is 4.79 Å². The molecule has 0 saturated carbocycles. The van der Waals surface area contributed by atoms with Crippen molar-refractivity contribution in [1.82, 2.24) is 4.98 Å². The summed E-state index contributed by atoms with van der Waals surface area (Å²) in [5.41, 5.74) is 5.18. The molecule has 2 aromatic carbocycles. The predicted octanol–water partition coefficient (Wildman–Crippen LogP) is 5.20. The molecule has 4 rings (SSSR count). The Morgan fingerprint density at radius 2 is 1.70 bits per heavy atom. The van der Waals surface area contributed by atoms with Crippen LogP contribution in [-0.2, 0) is 4.74 Å². The molecule has 0 aliphatic carbocycles. The second kappa shape index (κ2) is 6.68. The van der Waals surface area contributed by atoms with Gasteiger partial charge in [-0.15, -0.1) is 0 Å². The number of carbonyl (C=O) groups excluding carboxylic acids is 1. The molecule has 0 bridgehead atoms. The van der Waals surface area contributed by atoms with Gasteiger partial charge in [0.15, 0.2) is 5.76 Å². The summed E-state index contributed by atoms with van der Waals surface area (Å²) in [5.74, 6) is 1.19. The lowest BCUT2D eigenvalue weighted by molar-refractivity contribution is 0.0601. The predicted molar refractivity (Wildman–Crippen MR) is 104 cm³/mol. The van der Waals surface area contributed by atoms with Crippen molar-refractivity contribution in [3.8, 4) is 28.5 Å². The summed E-state index contributed by atoms with van der Waals surface area (Å²) in [6.07, 6.45) is 0. The number of aromatic amines is 1. The molecule has 0 unspecified atom stereocenters. The number of benzene rings is 2. The van der Waals surface area contributed by atoms with Crippen molar-refractivity contribution in [1.29, 1.82) is 0 Å². The van der Waals surface area contributed by atoms with Gasteiger partial charge >= 0.3 is 5.97 Å². The van der Waals surface area contributed by atoms with E-state index in [4.69, 9.17) is 13.9 Å². The Morgan fingerprint density at radius 1 is 0.963 bits per heavy atom. The van der Waals surface area contributed by atoms with Gasteiger partial charge in [0, 0.05) is 5.69 Å². The topological polar surface area (TPSA) is 64.5 Å². The van der Waals surface area contributed by atoms with Crippen molar-refractivity contribution < 1.29 is 18.7 Å². The van der Waals surface area contributed by atoms with Gasteiger partial charge in [-0.25, -0.2) is 4.79 Å². The molecule has 0 fully saturated rings. The normalized spacial score (nSPS) is 10.9. The van der Waals surface area contributed by atoms with Crippen molar-refractivity contribution in [2.24, 2.45) is 0 Å². The van der Waals surface area contributed by atoms with E-state index in [1.165, 1.54) is 7.11 Å². The third-order valence-electron chi connectivity index (χ3n) is 4.63. The molecule has 4 aromatic rings. The summed E-state index contributed by atoms with van der Waals surface area (Å²) < 4.78 is 16.2. The molecule has 27 heavy (non-hydrogen) atoms. The van der Waals surface area contributed by atoms with E-state index in [0.717, 1.165) is 45.0 Å². The highest BCUT2D eigenvalue weighted by Gasteiger charge is 2.14. The van der Waals surface area contributed by atoms with Crippen LogP contribution in [0.2, 0.25) is 0 Å². The van der Waals surface area contributed by atoms with Crippen molar-refractivity contribution in [2.45, 2.75) is 6.92 Å². The number of H-pyrrole nitrogens is 1. The number of methoxy groups -OCH3 is 2. The third-order valence-corrected chi connectivity index (χ3v) is 4.63. The number of hydrogen-bond donors (Lipinski definition) is 1. The fourth-order valence-electron chi connectivity index (χ4n) is 3.15. The lowest BCUT2D eigenvalue weighted by Gasteiger charge is -2.01. The molecule has 0 saturated heterocycles. The summed E-state index contributed by atoms with van der Waals surface area (Å²) >= 11 is 0. The molecule has 0 amide bonds. The Kier molecular flexibility index (Phi) is 4.20. The van der Waals surface area contributed by atoms with Crippen molar-refractivity contribution in [3.63, 3.8) is 0 Å². The number of ether oxygens (including phenoxy) is 2. The van der Waals surface area contributed by atoms with Gasteiger partial charge in [-0.3, -0.25) is 0 Å². The van der Waals surface area contributed by atoms with Crippen LogP contribution in [0, 0.1) is 6.92 Å². The van der Waals surface area contributed by atoms with Gasteiger partial charge in [0.25, 0.3) is 0 Å². The summed E-state index contributed by atoms with van der Waals surface area (Å²) in [7, 11) is 3.03. The molecule has 136 valence electrons. The molecule has 0 aliphatic rings. The molecular weight excluding hydrogens is 342 g/mol. The van der Waals surface area contributed by atoms with Crippen molar-refractivity contribution in [2.75, 3.05) is 14.2 Å². The molecule has 1 N–H and O–H groups in total. The van der Waals surface area contributed by atoms with Crippen LogP contribution in [0.5, 0.6) is 5.75 Å². The second-order valence-electron chi connectivity index (χ2n) is 6.29. The Hall–Kier alpha value is -3.47. The van der Waals surface area contributed by atoms with Crippen molar-refractivity contribution >= 4 is 16.9 Å². The standard InChI is InChI=1S/C22H19NO4/c1-13-4-11-19(25-2)16-12-20(27-21(13)16)18-10-9-17(23-18)14-5-7-15(8-6-14)22(24)26-3/h4-12,23H,1-3H3. The molecule has 5 heteroatoms. The van der Waals surface area contributed by atoms with E-state index in [1.54, 1.807) is 19.2 Å². The van der Waals surface area contributed by atoms with Gasteiger partial charge in [0.1, 0.15) is 11.3 Å². The summed E-state index contributed by atoms with van der Waals surface area (Å²) in [6.45, 7) is 2.01. The maximum Gasteiger partial charge on any atom is 0.337 e. The number of hydrogen-bond acceptors (Lipinski definition) is 4. The second-order valence-corrected chi connectivity index (χ2v) is 6.29. The zero-order valence-corrected chi connectivity index (χ0v) is 15.3. The molecule has 5 nitrogen and oxygen atoms in total. The number of rotatable bonds is 4. The van der Waals surface area contributed by atoms with Crippen LogP contribution >= 0.6 is 0 Å². The molecule has 0 radical (unpaired) electrons. The maximum atomic E-state index is 11.6. The Labute approximate surface area is 156 Å². The zero-order valence-electron chi connectivity index (χ0n) is 15.3. The summed E-state index contributed by atoms with van der Waals surface area (Å²) in [6, 6.07) is 17.1. The number of nitrogens with one attached hydrogen (secondary N) is 1. The van der Waals surface area contributed by atoms with Crippen LogP contribution in [-0.4, -0.2) is 25.2 Å². The van der Waals surface area contributed by atoms with E-state index < -0.39 is 0 Å². The Bertz CT molecular complexity index is 1120. The van der Waals surface area contributed by atoms with Crippen LogP contribution in [0.15, 0.2) is 59.0 Å². The fraction of sp³-hybridized carbons (Fsp3) is 0.136. The van der Waals surface area contributed by atoms with Gasteiger partial charge in [-0.05, 0) is 54.4 Å². The molecule has 0 aliphatic heterocycles. The lowest BCUT2D eigenvalue weighted by Crippen LogP contribution is -2.00. The van der Waals surface area contributed by atoms with Crippen molar-refractivity contribution in [3.05, 3.63) is 65.7 Å². The minimum atomic E-state index is -0.347. The van der Waals surface area contributed by atoms with Crippen LogP contribution < -0.4 is 4.74 Å². The van der Waals surface area contributed by atoms with E-state index >= 15 is 0 Å². The van der Waals surface area contributed by atoms with E-state index in [1.807, 2.05) is 49.4 Å². The minimum absolute atomic E-state index is 0.347. The first kappa shape index (κ1) is 17.0. The van der Waals surface area contributed by atoms with Gasteiger partial charge in [0.2, 0.25) is 0 Å². The molecule has 0 atom stereocenters. The van der Waals surface area contributed by atoms with Crippen LogP contribution in [0.3, 0.4) is 0 Å². The fourth-order valence-corrected chi connectivity index (χ4v) is 3.15. The Morgan fingerprint density at radius 3 is 2.41 bits per heavy atom. The quantitative estimate of drug-likeness (QED) is 0.508. The average molecular weight is 361 g/mol. The third kappa shape index (κ3) is 2.97. The zero-order chi connectivity index (χ0) is 19.0. The number of aryl methyl sites for hydroxylation is 1. The first-order valence-electron chi connectivity index (χ1n) is 8.56. The average Bonchev–Trinajstić information content (AvgIpc) is 3.36. The summed E-state index contributed by atoms with van der Waals surface area (Å²) in [5, 5.41) is 0.950. The van der Waals surface area contributed by atoms with Gasteiger partial charge in [-0.2, -0.15) is 0 Å². The highest BCUT2D eigenvalue weighted by atomic mass is 16.5. The molecule has 2 aromatic heterocycles. The van der Waals surface area contributed by atoms with Gasteiger partial charge in [-0.1, -0.05) is 18.2 Å². The molecule has 2 heterocycles. The smallest absolute Gasteiger partial charge is 0.337 e. The highest BCUT2D eigenvalue weighted by Crippen LogP contribution is 2.35. The summed E-state index contributed by atoms with van der Waals surface area (Å²) in [4.78, 5) is 14.9. The monoisotopic (exact) mass is 361 g/mol. The van der Waals surface area contributed by atoms with E-state index in [2.05, 4.69) is 4.98 Å². The number of aromatic nitrogens is 1. The van der Waals surface area contributed by atoms with Gasteiger partial charge in [0.05, 0.1) is 30.9 Å². The number of furan rings is 1. The van der Waals surface area contributed by atoms with Crippen LogP contribution in [0.4, 0.5) is 0 Å². The maximum absolute atomic E-state index is 11.6. The number of fused-ring (bicyclic) bond motifs is 1. The number of carbonyl (C=O) groups is 1. The molecular formula is C22H19NO4. The first-order chi connectivity index (χ1) is 13.1. The highest BCUT2D eigenvalue weighted by molar-refractivity contribution is 5.91. The van der Waals surface area contributed by atoms with Crippen LogP contribution in [0.1, 0.15) is 15.9 Å². The number of esters is 1. The largest absolute Gasteiger partial charge is 0.496 e. The van der Waals surface area contributed by atoms with Gasteiger partial charge < -0.3 is 18.9 Å². The Balaban J connectivity index is 1.69. The SMILES string of the molecule is COC(=O)c1ccc(-c2ccc(-c3cc4c(OC)ccc(C)c4o3)[nH]2)cc1. The van der Waals surface area contributed by atoms with E-state index in [-0.39, 0.29) is 5.97 Å². The minimum Gasteiger partial charge on any atom is -0.496 e. The lowest BCUT2D eigenvalue weighted by atomic mass is 10.1. The molecule has 0 spiro atoms.